The van der Waals surface area contributed by atoms with Crippen LogP contribution in [-0.2, 0) is 20.8 Å². The third kappa shape index (κ3) is 6.02. The topological polar surface area (TPSA) is 91.0 Å². The number of nitrogens with zero attached hydrogens (tertiary/aromatic N) is 2. The molecule has 5 atom stereocenters. The Kier molecular flexibility index (Phi) is 9.08. The number of anilines is 1. The van der Waals surface area contributed by atoms with Crippen molar-refractivity contribution in [2.45, 2.75) is 96.3 Å². The van der Waals surface area contributed by atoms with Crippen LogP contribution in [0.4, 0.5) is 5.69 Å². The molecule has 9 heteroatoms. The number of ether oxygens (including phenoxy) is 1. The lowest BCUT2D eigenvalue weighted by Crippen LogP contribution is -2.67. The van der Waals surface area contributed by atoms with E-state index >= 15 is 0 Å². The fraction of sp³-hybridized carbons (Fsp3) is 0.571. The van der Waals surface area contributed by atoms with E-state index in [4.69, 9.17) is 16.3 Å². The third-order valence-corrected chi connectivity index (χ3v) is 10.5. The van der Waals surface area contributed by atoms with Crippen molar-refractivity contribution in [2.75, 3.05) is 24.6 Å². The lowest BCUT2D eigenvalue weighted by atomic mass is 9.82. The van der Waals surface area contributed by atoms with Crippen molar-refractivity contribution in [3.63, 3.8) is 0 Å². The van der Waals surface area contributed by atoms with Gasteiger partial charge >= 0.3 is 0 Å². The van der Waals surface area contributed by atoms with E-state index in [0.717, 1.165) is 66.7 Å². The largest absolute Gasteiger partial charge is 0.493 e. The second-order valence-electron chi connectivity index (χ2n) is 13.2. The molecular formula is C35H45ClN4O4. The van der Waals surface area contributed by atoms with Crippen LogP contribution < -0.4 is 20.3 Å². The Morgan fingerprint density at radius 3 is 2.61 bits per heavy atom. The maximum Gasteiger partial charge on any atom is 0.246 e. The minimum absolute atomic E-state index is 0.0124. The minimum Gasteiger partial charge on any atom is -0.493 e. The molecule has 44 heavy (non-hydrogen) atoms. The van der Waals surface area contributed by atoms with Crippen LogP contribution in [0.2, 0.25) is 5.02 Å². The summed E-state index contributed by atoms with van der Waals surface area (Å²) in [6.07, 6.45) is 7.15. The number of amides is 3. The molecule has 1 unspecified atom stereocenters. The second-order valence-corrected chi connectivity index (χ2v) is 13.6. The van der Waals surface area contributed by atoms with Gasteiger partial charge in [-0.3, -0.25) is 14.4 Å². The van der Waals surface area contributed by atoms with Crippen molar-refractivity contribution in [3.05, 3.63) is 58.1 Å². The molecule has 0 spiro atoms. The highest BCUT2D eigenvalue weighted by Gasteiger charge is 2.47. The Hall–Kier alpha value is -3.26. The quantitative estimate of drug-likeness (QED) is 0.436. The first kappa shape index (κ1) is 30.8. The standard InChI is InChI=1S/C35H45ClN4O4/c1-4-22(3)33(41)38-31(23-10-6-5-7-11-23)35(43)40-19-25-18-24-16-21(2)17-27(36)32(24)39(25)20-29(40)34(42)37-28-14-15-44-30-13-9-8-12-26(28)30/h8-9,12-13,16-17,22-23,25,28-29,31H,4-7,10-11,14-15,18-20H2,1-3H3,(H,37,42)(H,38,41)/t22-,25?,28-,29+,31+/m1/s1. The summed E-state index contributed by atoms with van der Waals surface area (Å²) in [6, 6.07) is 10.4. The number of hydrogen-bond donors (Lipinski definition) is 2. The third-order valence-electron chi connectivity index (χ3n) is 10.2. The van der Waals surface area contributed by atoms with Crippen molar-refractivity contribution in [1.82, 2.24) is 15.5 Å². The SMILES string of the molecule is CC[C@@H](C)C(=O)N[C@H](C(=O)N1CC2Cc3cc(C)cc(Cl)c3N2C[C@H]1C(=O)N[C@@H]1CCOc2ccccc21)C1CCCCC1. The molecule has 4 aliphatic rings. The van der Waals surface area contributed by atoms with Gasteiger partial charge in [0.1, 0.15) is 17.8 Å². The predicted octanol–water partition coefficient (Wildman–Crippen LogP) is 5.34. The van der Waals surface area contributed by atoms with E-state index in [-0.39, 0.29) is 41.6 Å². The van der Waals surface area contributed by atoms with Crippen molar-refractivity contribution in [2.24, 2.45) is 11.8 Å². The van der Waals surface area contributed by atoms with Crippen LogP contribution in [0, 0.1) is 18.8 Å². The van der Waals surface area contributed by atoms with Crippen LogP contribution in [0.3, 0.4) is 0 Å². The second kappa shape index (κ2) is 13.0. The summed E-state index contributed by atoms with van der Waals surface area (Å²) in [7, 11) is 0. The Morgan fingerprint density at radius 2 is 1.84 bits per heavy atom. The number of rotatable bonds is 7. The molecule has 3 amide bonds. The molecular weight excluding hydrogens is 576 g/mol. The highest BCUT2D eigenvalue weighted by atomic mass is 35.5. The zero-order chi connectivity index (χ0) is 31.0. The van der Waals surface area contributed by atoms with E-state index in [9.17, 15) is 14.4 Å². The van der Waals surface area contributed by atoms with E-state index in [1.54, 1.807) is 4.90 Å². The van der Waals surface area contributed by atoms with E-state index in [2.05, 4.69) is 21.6 Å². The number of benzene rings is 2. The molecule has 2 N–H and O–H groups in total. The number of carbonyl (C=O) groups excluding carboxylic acids is 3. The number of piperazine rings is 1. The molecule has 1 saturated heterocycles. The number of halogens is 1. The molecule has 1 aliphatic carbocycles. The van der Waals surface area contributed by atoms with E-state index < -0.39 is 12.1 Å². The van der Waals surface area contributed by atoms with E-state index in [1.165, 1.54) is 0 Å². The van der Waals surface area contributed by atoms with Crippen LogP contribution in [0.15, 0.2) is 36.4 Å². The number of fused-ring (bicyclic) bond motifs is 4. The Bertz CT molecular complexity index is 1410. The van der Waals surface area contributed by atoms with Gasteiger partial charge in [0.2, 0.25) is 17.7 Å². The molecule has 2 aromatic rings. The molecule has 2 aromatic carbocycles. The average Bonchev–Trinajstić information content (AvgIpc) is 3.40. The molecule has 3 heterocycles. The predicted molar refractivity (Wildman–Crippen MR) is 172 cm³/mol. The van der Waals surface area contributed by atoms with Gasteiger partial charge in [-0.1, -0.05) is 69.0 Å². The van der Waals surface area contributed by atoms with Gasteiger partial charge in [-0.2, -0.15) is 0 Å². The first-order valence-corrected chi connectivity index (χ1v) is 16.8. The van der Waals surface area contributed by atoms with Gasteiger partial charge in [0.25, 0.3) is 0 Å². The molecule has 1 saturated carbocycles. The molecule has 6 rings (SSSR count). The summed E-state index contributed by atoms with van der Waals surface area (Å²) in [4.78, 5) is 46.2. The monoisotopic (exact) mass is 620 g/mol. The zero-order valence-electron chi connectivity index (χ0n) is 26.1. The lowest BCUT2D eigenvalue weighted by Gasteiger charge is -2.46. The smallest absolute Gasteiger partial charge is 0.246 e. The first-order valence-electron chi connectivity index (χ1n) is 16.4. The minimum atomic E-state index is -0.733. The molecule has 2 fully saturated rings. The van der Waals surface area contributed by atoms with Crippen LogP contribution in [0.25, 0.3) is 0 Å². The number of carbonyl (C=O) groups is 3. The highest BCUT2D eigenvalue weighted by molar-refractivity contribution is 6.33. The van der Waals surface area contributed by atoms with Gasteiger partial charge in [-0.15, -0.1) is 0 Å². The number of para-hydroxylation sites is 1. The normalized spacial score (nSPS) is 24.3. The Labute approximate surface area is 265 Å². The van der Waals surface area contributed by atoms with Crippen molar-refractivity contribution < 1.29 is 19.1 Å². The molecule has 3 aliphatic heterocycles. The zero-order valence-corrected chi connectivity index (χ0v) is 26.9. The van der Waals surface area contributed by atoms with Gasteiger partial charge < -0.3 is 25.2 Å². The maximum absolute atomic E-state index is 14.7. The van der Waals surface area contributed by atoms with Crippen LogP contribution in [0.5, 0.6) is 5.75 Å². The van der Waals surface area contributed by atoms with Gasteiger partial charge in [-0.25, -0.2) is 0 Å². The summed E-state index contributed by atoms with van der Waals surface area (Å²) in [5.74, 6) is 0.232. The van der Waals surface area contributed by atoms with Crippen molar-refractivity contribution >= 4 is 35.0 Å². The molecule has 8 nitrogen and oxygen atoms in total. The number of nitrogens with one attached hydrogen (secondary N) is 2. The maximum atomic E-state index is 14.7. The summed E-state index contributed by atoms with van der Waals surface area (Å²) in [5, 5.41) is 7.13. The van der Waals surface area contributed by atoms with Gasteiger partial charge in [-0.05, 0) is 61.8 Å². The molecule has 0 aromatic heterocycles. The van der Waals surface area contributed by atoms with Crippen LogP contribution >= 0.6 is 11.6 Å². The molecule has 236 valence electrons. The number of hydrogen-bond acceptors (Lipinski definition) is 5. The Morgan fingerprint density at radius 1 is 1.07 bits per heavy atom. The Balaban J connectivity index is 1.32. The summed E-state index contributed by atoms with van der Waals surface area (Å²) < 4.78 is 5.84. The first-order chi connectivity index (χ1) is 21.2. The van der Waals surface area contributed by atoms with E-state index in [0.29, 0.717) is 37.6 Å². The fourth-order valence-corrected chi connectivity index (χ4v) is 8.01. The summed E-state index contributed by atoms with van der Waals surface area (Å²) in [5.41, 5.74) is 4.17. The van der Waals surface area contributed by atoms with Crippen LogP contribution in [-0.4, -0.2) is 60.4 Å². The highest BCUT2D eigenvalue weighted by Crippen LogP contribution is 2.42. The van der Waals surface area contributed by atoms with Gasteiger partial charge in [0.15, 0.2) is 0 Å². The molecule has 0 radical (unpaired) electrons. The van der Waals surface area contributed by atoms with Gasteiger partial charge in [0.05, 0.1) is 29.4 Å². The number of aryl methyl sites for hydroxylation is 1. The van der Waals surface area contributed by atoms with Crippen molar-refractivity contribution in [3.8, 4) is 5.75 Å². The van der Waals surface area contributed by atoms with Gasteiger partial charge in [0, 0.05) is 31.0 Å². The fourth-order valence-electron chi connectivity index (χ4n) is 7.61. The molecule has 0 bridgehead atoms. The van der Waals surface area contributed by atoms with Crippen LogP contribution in [0.1, 0.15) is 81.5 Å². The van der Waals surface area contributed by atoms with Crippen molar-refractivity contribution in [1.29, 1.82) is 0 Å². The summed E-state index contributed by atoms with van der Waals surface area (Å²) in [6.45, 7) is 7.18. The summed E-state index contributed by atoms with van der Waals surface area (Å²) >= 11 is 6.80. The lowest BCUT2D eigenvalue weighted by molar-refractivity contribution is -0.146. The average molecular weight is 621 g/mol. The van der Waals surface area contributed by atoms with E-state index in [1.807, 2.05) is 51.1 Å².